The molecule has 1 aliphatic rings. The third-order valence-electron chi connectivity index (χ3n) is 5.35. The van der Waals surface area contributed by atoms with E-state index < -0.39 is 0 Å². The summed E-state index contributed by atoms with van der Waals surface area (Å²) in [6.07, 6.45) is 6.30. The van der Waals surface area contributed by atoms with Gasteiger partial charge in [0.25, 0.3) is 5.91 Å². The number of anilines is 3. The summed E-state index contributed by atoms with van der Waals surface area (Å²) in [5.74, 6) is 1.84. The van der Waals surface area contributed by atoms with Crippen LogP contribution in [0.1, 0.15) is 56.3 Å². The van der Waals surface area contributed by atoms with Gasteiger partial charge in [-0.15, -0.1) is 0 Å². The first-order valence-electron chi connectivity index (χ1n) is 10.5. The Balaban J connectivity index is 1.63. The Labute approximate surface area is 172 Å². The smallest absolute Gasteiger partial charge is 0.253 e. The molecule has 0 bridgehead atoms. The molecular formula is C22H31N5O2. The normalized spacial score (nSPS) is 14.4. The van der Waals surface area contributed by atoms with Gasteiger partial charge in [0, 0.05) is 30.4 Å². The van der Waals surface area contributed by atoms with Crippen molar-refractivity contribution in [3.63, 3.8) is 0 Å². The zero-order valence-corrected chi connectivity index (χ0v) is 17.4. The Morgan fingerprint density at radius 1 is 1.14 bits per heavy atom. The Morgan fingerprint density at radius 3 is 2.48 bits per heavy atom. The number of nitrogens with one attached hydrogen (secondary N) is 1. The van der Waals surface area contributed by atoms with E-state index in [0.29, 0.717) is 48.8 Å². The molecule has 7 nitrogen and oxygen atoms in total. The van der Waals surface area contributed by atoms with E-state index in [1.54, 1.807) is 23.1 Å². The van der Waals surface area contributed by atoms with Crippen LogP contribution < -0.4 is 15.8 Å². The van der Waals surface area contributed by atoms with E-state index in [2.05, 4.69) is 15.3 Å². The van der Waals surface area contributed by atoms with Gasteiger partial charge in [0.05, 0.1) is 6.61 Å². The maximum Gasteiger partial charge on any atom is 0.253 e. The predicted octanol–water partition coefficient (Wildman–Crippen LogP) is 4.24. The van der Waals surface area contributed by atoms with Crippen LogP contribution in [0.15, 0.2) is 30.3 Å². The van der Waals surface area contributed by atoms with Crippen LogP contribution in [-0.2, 0) is 0 Å². The van der Waals surface area contributed by atoms with Crippen molar-refractivity contribution in [1.29, 1.82) is 0 Å². The predicted molar refractivity (Wildman–Crippen MR) is 115 cm³/mol. The third kappa shape index (κ3) is 5.82. The van der Waals surface area contributed by atoms with E-state index in [-0.39, 0.29) is 5.91 Å². The molecular weight excluding hydrogens is 366 g/mol. The molecule has 1 aromatic heterocycles. The maximum absolute atomic E-state index is 12.4. The van der Waals surface area contributed by atoms with E-state index in [4.69, 9.17) is 10.5 Å². The fourth-order valence-electron chi connectivity index (χ4n) is 3.65. The van der Waals surface area contributed by atoms with Crippen molar-refractivity contribution < 1.29 is 9.53 Å². The van der Waals surface area contributed by atoms with Gasteiger partial charge in [-0.2, -0.15) is 9.97 Å². The number of hydrogen-bond acceptors (Lipinski definition) is 6. The SMILES string of the molecule is CCN(CC)C(=O)c1ccc(Nc2nc(N)cc(OCC3CCCCC3)n2)cc1. The number of aromatic nitrogens is 2. The highest BCUT2D eigenvalue weighted by molar-refractivity contribution is 5.94. The summed E-state index contributed by atoms with van der Waals surface area (Å²) < 4.78 is 5.89. The van der Waals surface area contributed by atoms with Crippen molar-refractivity contribution in [2.45, 2.75) is 46.0 Å². The first-order chi connectivity index (χ1) is 14.1. The average molecular weight is 398 g/mol. The van der Waals surface area contributed by atoms with Crippen LogP contribution in [0, 0.1) is 5.92 Å². The molecule has 1 aromatic carbocycles. The van der Waals surface area contributed by atoms with Crippen LogP contribution >= 0.6 is 0 Å². The first-order valence-corrected chi connectivity index (χ1v) is 10.5. The average Bonchev–Trinajstić information content (AvgIpc) is 2.74. The Morgan fingerprint density at radius 2 is 1.83 bits per heavy atom. The minimum atomic E-state index is 0.0279. The van der Waals surface area contributed by atoms with E-state index in [1.165, 1.54) is 32.1 Å². The summed E-state index contributed by atoms with van der Waals surface area (Å²) in [6, 6.07) is 8.93. The summed E-state index contributed by atoms with van der Waals surface area (Å²) in [5.41, 5.74) is 7.37. The zero-order chi connectivity index (χ0) is 20.6. The molecule has 3 rings (SSSR count). The largest absolute Gasteiger partial charge is 0.477 e. The molecule has 1 amide bonds. The van der Waals surface area contributed by atoms with Crippen molar-refractivity contribution >= 4 is 23.4 Å². The zero-order valence-electron chi connectivity index (χ0n) is 17.4. The molecule has 3 N–H and O–H groups in total. The summed E-state index contributed by atoms with van der Waals surface area (Å²) in [6.45, 7) is 6.00. The van der Waals surface area contributed by atoms with Crippen LogP contribution in [0.4, 0.5) is 17.5 Å². The van der Waals surface area contributed by atoms with E-state index >= 15 is 0 Å². The van der Waals surface area contributed by atoms with Crippen molar-refractivity contribution in [1.82, 2.24) is 14.9 Å². The molecule has 156 valence electrons. The van der Waals surface area contributed by atoms with Gasteiger partial charge in [-0.3, -0.25) is 4.79 Å². The molecule has 1 heterocycles. The molecule has 0 saturated heterocycles. The number of carbonyl (C=O) groups is 1. The quantitative estimate of drug-likeness (QED) is 0.692. The van der Waals surface area contributed by atoms with Gasteiger partial charge in [0.2, 0.25) is 11.8 Å². The summed E-state index contributed by atoms with van der Waals surface area (Å²) in [5, 5.41) is 3.14. The summed E-state index contributed by atoms with van der Waals surface area (Å²) in [7, 11) is 0. The van der Waals surface area contributed by atoms with Gasteiger partial charge >= 0.3 is 0 Å². The van der Waals surface area contributed by atoms with Crippen molar-refractivity contribution in [3.8, 4) is 5.88 Å². The fraction of sp³-hybridized carbons (Fsp3) is 0.500. The number of amides is 1. The first kappa shape index (κ1) is 20.9. The van der Waals surface area contributed by atoms with Crippen LogP contribution in [0.3, 0.4) is 0 Å². The molecule has 7 heteroatoms. The molecule has 0 spiro atoms. The topological polar surface area (TPSA) is 93.4 Å². The molecule has 0 radical (unpaired) electrons. The number of nitrogens with two attached hydrogens (primary N) is 1. The molecule has 1 fully saturated rings. The Hall–Kier alpha value is -2.83. The maximum atomic E-state index is 12.4. The molecule has 0 atom stereocenters. The lowest BCUT2D eigenvalue weighted by Crippen LogP contribution is -2.30. The van der Waals surface area contributed by atoms with Crippen molar-refractivity contribution in [2.24, 2.45) is 5.92 Å². The number of rotatable bonds is 8. The fourth-order valence-corrected chi connectivity index (χ4v) is 3.65. The second-order valence-electron chi connectivity index (χ2n) is 7.45. The van der Waals surface area contributed by atoms with Gasteiger partial charge in [-0.1, -0.05) is 19.3 Å². The van der Waals surface area contributed by atoms with Gasteiger partial charge in [0.15, 0.2) is 0 Å². The highest BCUT2D eigenvalue weighted by Gasteiger charge is 2.15. The van der Waals surface area contributed by atoms with E-state index in [9.17, 15) is 4.79 Å². The van der Waals surface area contributed by atoms with Crippen LogP contribution in [0.25, 0.3) is 0 Å². The Bertz CT molecular complexity index is 799. The Kier molecular flexibility index (Phi) is 7.27. The molecule has 2 aromatic rings. The minimum Gasteiger partial charge on any atom is -0.477 e. The van der Waals surface area contributed by atoms with Gasteiger partial charge < -0.3 is 20.7 Å². The lowest BCUT2D eigenvalue weighted by molar-refractivity contribution is 0.0773. The summed E-state index contributed by atoms with van der Waals surface area (Å²) >= 11 is 0. The number of nitrogens with zero attached hydrogens (tertiary/aromatic N) is 3. The van der Waals surface area contributed by atoms with E-state index in [1.807, 2.05) is 26.0 Å². The van der Waals surface area contributed by atoms with E-state index in [0.717, 1.165) is 5.69 Å². The third-order valence-corrected chi connectivity index (χ3v) is 5.35. The molecule has 1 aliphatic carbocycles. The standard InChI is InChI=1S/C22H31N5O2/c1-3-27(4-2)21(28)17-10-12-18(13-11-17)24-22-25-19(23)14-20(26-22)29-15-16-8-6-5-7-9-16/h10-14,16H,3-9,15H2,1-2H3,(H3,23,24,25,26). The number of nitrogen functional groups attached to an aromatic ring is 1. The van der Waals surface area contributed by atoms with Gasteiger partial charge in [0.1, 0.15) is 5.82 Å². The second-order valence-corrected chi connectivity index (χ2v) is 7.45. The number of carbonyl (C=O) groups excluding carboxylic acids is 1. The van der Waals surface area contributed by atoms with Crippen LogP contribution in [0.2, 0.25) is 0 Å². The van der Waals surface area contributed by atoms with Gasteiger partial charge in [-0.05, 0) is 56.9 Å². The minimum absolute atomic E-state index is 0.0279. The lowest BCUT2D eigenvalue weighted by atomic mass is 9.90. The summed E-state index contributed by atoms with van der Waals surface area (Å²) in [4.78, 5) is 22.9. The number of hydrogen-bond donors (Lipinski definition) is 2. The number of ether oxygens (including phenoxy) is 1. The number of benzene rings is 1. The molecule has 29 heavy (non-hydrogen) atoms. The van der Waals surface area contributed by atoms with Gasteiger partial charge in [-0.25, -0.2) is 0 Å². The van der Waals surface area contributed by atoms with Crippen molar-refractivity contribution in [2.75, 3.05) is 30.7 Å². The van der Waals surface area contributed by atoms with Crippen LogP contribution in [-0.4, -0.2) is 40.5 Å². The van der Waals surface area contributed by atoms with Crippen LogP contribution in [0.5, 0.6) is 5.88 Å². The van der Waals surface area contributed by atoms with Crippen molar-refractivity contribution in [3.05, 3.63) is 35.9 Å². The second kappa shape index (κ2) is 10.1. The monoisotopic (exact) mass is 397 g/mol. The molecule has 0 unspecified atom stereocenters. The molecule has 0 aliphatic heterocycles. The highest BCUT2D eigenvalue weighted by atomic mass is 16.5. The lowest BCUT2D eigenvalue weighted by Gasteiger charge is -2.21. The molecule has 1 saturated carbocycles. The highest BCUT2D eigenvalue weighted by Crippen LogP contribution is 2.25.